The van der Waals surface area contributed by atoms with Gasteiger partial charge in [0.05, 0.1) is 5.48 Å². The van der Waals surface area contributed by atoms with Crippen LogP contribution in [0.2, 0.25) is 0 Å². The zero-order valence-electron chi connectivity index (χ0n) is 14.1. The molecule has 1 aromatic heterocycles. The van der Waals surface area contributed by atoms with Crippen LogP contribution in [-0.4, -0.2) is 0 Å². The number of hydrogen-bond acceptors (Lipinski definition) is 1. The van der Waals surface area contributed by atoms with E-state index in [1.807, 2.05) is 0 Å². The molecule has 0 saturated carbocycles. The molecule has 12 heavy (non-hydrogen) atoms. The molecule has 0 unspecified atom stereocenters. The number of anilines is 1. The number of hydrogen-bond donors (Lipinski definition) is 1. The van der Waals surface area contributed by atoms with Gasteiger partial charge in [0.25, 0.3) is 0 Å². The van der Waals surface area contributed by atoms with E-state index in [1.54, 1.807) is 0 Å². The van der Waals surface area contributed by atoms with Gasteiger partial charge in [0.15, 0.2) is 12.3 Å². The predicted octanol–water partition coefficient (Wildman–Crippen LogP) is 1.25. The molecule has 2 heteroatoms. The Bertz CT molecular complexity index is 728. The van der Waals surface area contributed by atoms with E-state index in [0.29, 0.717) is 4.57 Å². The number of nitrogens with zero attached hydrogens (tertiary/aromatic N) is 1. The number of pyridine rings is 1. The largest absolute Gasteiger partial charge is 0.398 e. The van der Waals surface area contributed by atoms with Gasteiger partial charge < -0.3 is 5.73 Å². The molecule has 0 fully saturated rings. The van der Waals surface area contributed by atoms with Gasteiger partial charge in [-0.05, 0) is 12.1 Å². The van der Waals surface area contributed by atoms with Crippen LogP contribution in [0.3, 0.4) is 0 Å². The second-order valence-corrected chi connectivity index (χ2v) is 2.26. The van der Waals surface area contributed by atoms with Gasteiger partial charge in [-0.2, -0.15) is 0 Å². The second-order valence-electron chi connectivity index (χ2n) is 2.26. The monoisotopic (exact) mass is 167 g/mol. The molecule has 0 aliphatic rings. The summed E-state index contributed by atoms with van der Waals surface area (Å²) in [6, 6.07) is -1.84. The van der Waals surface area contributed by atoms with Gasteiger partial charge in [-0.25, -0.2) is 4.57 Å². The number of rotatable bonds is 0. The first-order valence-electron chi connectivity index (χ1n) is 7.40. The topological polar surface area (TPSA) is 29.9 Å². The summed E-state index contributed by atoms with van der Waals surface area (Å²) in [5.41, 5.74) is 5.43. The molecule has 2 rings (SSSR count). The van der Waals surface area contributed by atoms with E-state index in [9.17, 15) is 0 Å². The minimum Gasteiger partial charge on any atom is -0.398 e. The van der Waals surface area contributed by atoms with Crippen LogP contribution in [0.4, 0.5) is 5.69 Å². The summed E-state index contributed by atoms with van der Waals surface area (Å²) in [7, 11) is 0. The van der Waals surface area contributed by atoms with Gasteiger partial charge in [-0.3, -0.25) is 0 Å². The first-order valence-corrected chi connectivity index (χ1v) is 3.24. The Morgan fingerprint density at radius 3 is 3.25 bits per heavy atom. The number of fused-ring (bicyclic) bond motifs is 1. The summed E-state index contributed by atoms with van der Waals surface area (Å²) in [4.78, 5) is 0. The van der Waals surface area contributed by atoms with Crippen molar-refractivity contribution in [2.75, 3.05) is 5.73 Å². The fourth-order valence-electron chi connectivity index (χ4n) is 0.899. The Balaban J connectivity index is 3.17. The number of nitrogens with two attached hydrogens (primary N) is 1. The molecule has 2 aromatic rings. The Morgan fingerprint density at radius 1 is 1.50 bits per heavy atom. The first-order chi connectivity index (χ1) is 9.20. The van der Waals surface area contributed by atoms with Crippen LogP contribution >= 0.6 is 0 Å². The van der Waals surface area contributed by atoms with Crippen molar-refractivity contribution in [3.05, 3.63) is 36.5 Å². The van der Waals surface area contributed by atoms with Crippen LogP contribution in [0.5, 0.6) is 0 Å². The number of benzene rings is 1. The molecular formula is C10H11N2+. The van der Waals surface area contributed by atoms with Crippen LogP contribution in [0.15, 0.2) is 36.5 Å². The zero-order valence-corrected chi connectivity index (χ0v) is 6.10. The van der Waals surface area contributed by atoms with Crippen LogP contribution in [-0.2, 0) is 7.00 Å². The van der Waals surface area contributed by atoms with Crippen LogP contribution in [0.1, 0.15) is 11.0 Å². The van der Waals surface area contributed by atoms with Gasteiger partial charge in [0.2, 0.25) is 0 Å². The van der Waals surface area contributed by atoms with Gasteiger partial charge in [0, 0.05) is 22.5 Å². The van der Waals surface area contributed by atoms with E-state index in [-0.39, 0.29) is 16.5 Å². The SMILES string of the molecule is [2H]c1c([2H])c(N)c2c([2H])c([2H])[n+](C([2H])[2H])c([2H])c2c1[2H]. The summed E-state index contributed by atoms with van der Waals surface area (Å²) < 4.78 is 61.8. The summed E-state index contributed by atoms with van der Waals surface area (Å²) in [6.45, 7) is -1.73. The lowest BCUT2D eigenvalue weighted by molar-refractivity contribution is -0.670. The van der Waals surface area contributed by atoms with E-state index >= 15 is 0 Å². The molecule has 1 aromatic carbocycles. The van der Waals surface area contributed by atoms with E-state index in [4.69, 9.17) is 16.7 Å². The molecule has 0 aliphatic heterocycles. The summed E-state index contributed by atoms with van der Waals surface area (Å²) >= 11 is 0. The van der Waals surface area contributed by atoms with E-state index in [2.05, 4.69) is 0 Å². The highest BCUT2D eigenvalue weighted by Crippen LogP contribution is 2.17. The fourth-order valence-corrected chi connectivity index (χ4v) is 0.899. The highest BCUT2D eigenvalue weighted by Gasteiger charge is 1.99. The Kier molecular flexibility index (Phi) is 0.508. The van der Waals surface area contributed by atoms with Crippen molar-refractivity contribution >= 4 is 16.5 Å². The summed E-state index contributed by atoms with van der Waals surface area (Å²) in [6.07, 6.45) is -1.05. The van der Waals surface area contributed by atoms with E-state index < -0.39 is 43.5 Å². The molecule has 1 heterocycles. The molecule has 0 aliphatic carbocycles. The summed E-state index contributed by atoms with van der Waals surface area (Å²) in [5.74, 6) is 0. The lowest BCUT2D eigenvalue weighted by atomic mass is 10.1. The molecule has 0 radical (unpaired) electrons. The number of aromatic nitrogens is 1. The normalized spacial score (nSPS) is 20.1. The van der Waals surface area contributed by atoms with Crippen molar-refractivity contribution in [1.29, 1.82) is 0 Å². The minimum absolute atomic E-state index is 0.122. The van der Waals surface area contributed by atoms with Crippen LogP contribution in [0.25, 0.3) is 10.8 Å². The van der Waals surface area contributed by atoms with Gasteiger partial charge in [-0.15, -0.1) is 0 Å². The molecular weight excluding hydrogens is 148 g/mol. The van der Waals surface area contributed by atoms with Crippen molar-refractivity contribution in [3.63, 3.8) is 0 Å². The maximum absolute atomic E-state index is 7.91. The second kappa shape index (κ2) is 2.48. The van der Waals surface area contributed by atoms with Crippen molar-refractivity contribution in [2.45, 2.75) is 0 Å². The quantitative estimate of drug-likeness (QED) is 0.464. The highest BCUT2D eigenvalue weighted by atomic mass is 14.9. The molecule has 0 bridgehead atoms. The average molecular weight is 167 g/mol. The Hall–Kier alpha value is -1.57. The third-order valence-electron chi connectivity index (χ3n) is 1.44. The Labute approximate surface area is 82.5 Å². The van der Waals surface area contributed by atoms with Gasteiger partial charge in [0.1, 0.15) is 12.5 Å². The van der Waals surface area contributed by atoms with E-state index in [0.717, 1.165) is 0 Å². The Morgan fingerprint density at radius 2 is 2.42 bits per heavy atom. The van der Waals surface area contributed by atoms with Crippen molar-refractivity contribution in [1.82, 2.24) is 0 Å². The molecule has 60 valence electrons. The smallest absolute Gasteiger partial charge is 0.176 e. The third kappa shape index (κ3) is 1.01. The fraction of sp³-hybridized carbons (Fsp3) is 0.100. The lowest BCUT2D eigenvalue weighted by Gasteiger charge is -1.98. The lowest BCUT2D eigenvalue weighted by Crippen LogP contribution is -2.25. The molecule has 0 amide bonds. The molecule has 2 nitrogen and oxygen atoms in total. The average Bonchev–Trinajstić information content (AvgIpc) is 2.37. The maximum atomic E-state index is 7.91. The highest BCUT2D eigenvalue weighted by molar-refractivity contribution is 5.91. The maximum Gasteiger partial charge on any atom is 0.176 e. The van der Waals surface area contributed by atoms with Crippen LogP contribution in [0, 0.1) is 0 Å². The van der Waals surface area contributed by atoms with Gasteiger partial charge in [-0.1, -0.05) is 6.04 Å². The predicted molar refractivity (Wildman–Crippen MR) is 49.5 cm³/mol. The van der Waals surface area contributed by atoms with Gasteiger partial charge >= 0.3 is 0 Å². The molecule has 2 N–H and O–H groups in total. The van der Waals surface area contributed by atoms with Crippen LogP contribution < -0.4 is 10.3 Å². The number of nitrogen functional groups attached to an aromatic ring is 1. The molecule has 0 spiro atoms. The third-order valence-corrected chi connectivity index (χ3v) is 1.44. The zero-order chi connectivity index (χ0) is 15.4. The minimum atomic E-state index is -1.73. The van der Waals surface area contributed by atoms with E-state index in [1.165, 1.54) is 0 Å². The molecule has 0 saturated heterocycles. The standard InChI is InChI=1S/C10H11N2/c1-12-6-5-9-8(7-12)3-2-4-10(9)11/h2-7H,11H2,1H3/q+1/i1D2,2D,3D,4D,5D,6D,7D. The van der Waals surface area contributed by atoms with Crippen molar-refractivity contribution < 1.29 is 15.5 Å². The summed E-state index contributed by atoms with van der Waals surface area (Å²) in [5, 5.41) is -0.308. The molecule has 0 atom stereocenters. The van der Waals surface area contributed by atoms with Crippen molar-refractivity contribution in [2.24, 2.45) is 7.00 Å². The first kappa shape index (κ1) is 2.46. The van der Waals surface area contributed by atoms with Crippen molar-refractivity contribution in [3.8, 4) is 0 Å².